The molecule has 2 aromatic carbocycles. The molecule has 1 saturated heterocycles. The van der Waals surface area contributed by atoms with Crippen molar-refractivity contribution in [3.05, 3.63) is 89.6 Å². The second-order valence-electron chi connectivity index (χ2n) is 8.61. The second kappa shape index (κ2) is 11.7. The van der Waals surface area contributed by atoms with Gasteiger partial charge in [-0.15, -0.1) is 0 Å². The molecular weight excluding hydrogens is 452 g/mol. The molecule has 0 saturated carbocycles. The third-order valence-corrected chi connectivity index (χ3v) is 5.90. The Morgan fingerprint density at radius 3 is 2.69 bits per heavy atom. The molecule has 2 atom stereocenters. The number of hydrogen-bond donors (Lipinski definition) is 3. The predicted octanol–water partition coefficient (Wildman–Crippen LogP) is 4.68. The van der Waals surface area contributed by atoms with E-state index in [0.29, 0.717) is 24.7 Å². The minimum Gasteiger partial charge on any atom is -0.439 e. The molecule has 7 nitrogen and oxygen atoms in total. The lowest BCUT2D eigenvalue weighted by Gasteiger charge is -2.19. The minimum atomic E-state index is -0.330. The number of aromatic nitrogens is 1. The Morgan fingerprint density at radius 2 is 1.94 bits per heavy atom. The third-order valence-electron chi connectivity index (χ3n) is 5.90. The van der Waals surface area contributed by atoms with E-state index < -0.39 is 0 Å². The van der Waals surface area contributed by atoms with Crippen molar-refractivity contribution in [3.8, 4) is 11.6 Å². The first kappa shape index (κ1) is 24.6. The van der Waals surface area contributed by atoms with Crippen molar-refractivity contribution in [2.75, 3.05) is 13.6 Å². The fourth-order valence-electron chi connectivity index (χ4n) is 3.94. The Bertz CT molecular complexity index is 1110. The van der Waals surface area contributed by atoms with Crippen molar-refractivity contribution < 1.29 is 18.3 Å². The Labute approximate surface area is 203 Å². The molecule has 1 aliphatic rings. The summed E-state index contributed by atoms with van der Waals surface area (Å²) in [4.78, 5) is 18.3. The maximum atomic E-state index is 13.5. The van der Waals surface area contributed by atoms with Crippen LogP contribution in [-0.4, -0.2) is 35.5 Å². The Balaban J connectivity index is 1.14. The molecule has 1 aliphatic heterocycles. The number of carbonyl (C=O) groups excluding carboxylic acids is 1. The normalized spacial score (nSPS) is 17.2. The molecule has 1 fully saturated rings. The van der Waals surface area contributed by atoms with E-state index in [1.165, 1.54) is 30.3 Å². The highest BCUT2D eigenvalue weighted by Gasteiger charge is 2.25. The van der Waals surface area contributed by atoms with Gasteiger partial charge in [0.2, 0.25) is 5.88 Å². The Hall–Kier alpha value is -3.56. The summed E-state index contributed by atoms with van der Waals surface area (Å²) in [7, 11) is 1.77. The largest absolute Gasteiger partial charge is 0.439 e. The van der Waals surface area contributed by atoms with Crippen LogP contribution in [0.2, 0.25) is 0 Å². The van der Waals surface area contributed by atoms with Crippen LogP contribution in [0.5, 0.6) is 11.6 Å². The number of ether oxygens (including phenoxy) is 1. The van der Waals surface area contributed by atoms with E-state index in [0.717, 1.165) is 30.4 Å². The predicted molar refractivity (Wildman–Crippen MR) is 129 cm³/mol. The molecule has 4 rings (SSSR count). The highest BCUT2D eigenvalue weighted by molar-refractivity contribution is 5.73. The SMILES string of the molecule is CN(CCCC1CC(c2cccc(F)c2)NN1)C(=O)NCc1ccc(Oc2ccc(F)cc2)nc1. The van der Waals surface area contributed by atoms with Gasteiger partial charge in [-0.1, -0.05) is 18.2 Å². The zero-order valence-electron chi connectivity index (χ0n) is 19.5. The van der Waals surface area contributed by atoms with Gasteiger partial charge in [-0.05, 0) is 66.8 Å². The number of benzene rings is 2. The number of nitrogens with one attached hydrogen (secondary N) is 3. The van der Waals surface area contributed by atoms with Crippen LogP contribution in [-0.2, 0) is 6.54 Å². The van der Waals surface area contributed by atoms with Crippen molar-refractivity contribution in [2.45, 2.75) is 37.9 Å². The molecule has 184 valence electrons. The molecule has 3 N–H and O–H groups in total. The summed E-state index contributed by atoms with van der Waals surface area (Å²) in [6.45, 7) is 0.966. The molecule has 1 aromatic heterocycles. The zero-order valence-corrected chi connectivity index (χ0v) is 19.5. The fraction of sp³-hybridized carbons (Fsp3) is 0.308. The fourth-order valence-corrected chi connectivity index (χ4v) is 3.94. The molecule has 0 bridgehead atoms. The van der Waals surface area contributed by atoms with Crippen molar-refractivity contribution in [2.24, 2.45) is 0 Å². The number of rotatable bonds is 9. The molecule has 0 aliphatic carbocycles. The zero-order chi connectivity index (χ0) is 24.6. The van der Waals surface area contributed by atoms with Gasteiger partial charge in [-0.25, -0.2) is 18.6 Å². The number of halogens is 2. The topological polar surface area (TPSA) is 78.5 Å². The average Bonchev–Trinajstić information content (AvgIpc) is 3.34. The van der Waals surface area contributed by atoms with Crippen LogP contribution in [0.3, 0.4) is 0 Å². The standard InChI is InChI=1S/C26H29F2N5O2/c1-33(13-3-6-22-15-24(32-31-22)19-4-2-5-21(28)14-19)26(34)30-17-18-7-12-25(29-16-18)35-23-10-8-20(27)9-11-23/h2,4-5,7-12,14,16,22,24,31-32H,3,6,13,15,17H2,1H3,(H,30,34). The smallest absolute Gasteiger partial charge is 0.317 e. The molecule has 2 heterocycles. The van der Waals surface area contributed by atoms with E-state index in [2.05, 4.69) is 21.2 Å². The van der Waals surface area contributed by atoms with E-state index in [-0.39, 0.29) is 29.7 Å². The van der Waals surface area contributed by atoms with E-state index in [1.54, 1.807) is 36.3 Å². The lowest BCUT2D eigenvalue weighted by molar-refractivity contribution is 0.207. The van der Waals surface area contributed by atoms with Crippen molar-refractivity contribution in [3.63, 3.8) is 0 Å². The summed E-state index contributed by atoms with van der Waals surface area (Å²) in [6, 6.07) is 16.1. The monoisotopic (exact) mass is 481 g/mol. The van der Waals surface area contributed by atoms with Gasteiger partial charge in [0, 0.05) is 44.5 Å². The van der Waals surface area contributed by atoms with Crippen LogP contribution in [0, 0.1) is 11.6 Å². The van der Waals surface area contributed by atoms with Gasteiger partial charge in [-0.2, -0.15) is 0 Å². The highest BCUT2D eigenvalue weighted by Crippen LogP contribution is 2.24. The van der Waals surface area contributed by atoms with Crippen molar-refractivity contribution in [1.29, 1.82) is 0 Å². The molecular formula is C26H29F2N5O2. The molecule has 2 unspecified atom stereocenters. The van der Waals surface area contributed by atoms with E-state index in [4.69, 9.17) is 4.74 Å². The van der Waals surface area contributed by atoms with Gasteiger partial charge in [0.25, 0.3) is 0 Å². The molecule has 9 heteroatoms. The summed E-state index contributed by atoms with van der Waals surface area (Å²) in [6.07, 6.45) is 4.24. The molecule has 35 heavy (non-hydrogen) atoms. The summed E-state index contributed by atoms with van der Waals surface area (Å²) in [5.41, 5.74) is 8.27. The van der Waals surface area contributed by atoms with E-state index in [9.17, 15) is 13.6 Å². The summed E-state index contributed by atoms with van der Waals surface area (Å²) < 4.78 is 32.0. The van der Waals surface area contributed by atoms with Crippen LogP contribution in [0.25, 0.3) is 0 Å². The summed E-state index contributed by atoms with van der Waals surface area (Å²) >= 11 is 0. The Morgan fingerprint density at radius 1 is 1.11 bits per heavy atom. The van der Waals surface area contributed by atoms with Gasteiger partial charge in [0.05, 0.1) is 0 Å². The number of urea groups is 1. The van der Waals surface area contributed by atoms with Crippen LogP contribution < -0.4 is 20.9 Å². The van der Waals surface area contributed by atoms with Gasteiger partial charge >= 0.3 is 6.03 Å². The number of hydrazine groups is 1. The lowest BCUT2D eigenvalue weighted by Crippen LogP contribution is -2.38. The third kappa shape index (κ3) is 7.21. The molecule has 3 aromatic rings. The van der Waals surface area contributed by atoms with E-state index in [1.807, 2.05) is 12.1 Å². The molecule has 2 amide bonds. The first-order valence-electron chi connectivity index (χ1n) is 11.6. The highest BCUT2D eigenvalue weighted by atomic mass is 19.1. The molecule has 0 radical (unpaired) electrons. The van der Waals surface area contributed by atoms with Crippen LogP contribution in [0.1, 0.15) is 36.4 Å². The Kier molecular flexibility index (Phi) is 8.23. The number of amides is 2. The van der Waals surface area contributed by atoms with E-state index >= 15 is 0 Å². The number of hydrogen-bond acceptors (Lipinski definition) is 5. The van der Waals surface area contributed by atoms with Gasteiger partial charge in [0.15, 0.2) is 0 Å². The maximum Gasteiger partial charge on any atom is 0.317 e. The summed E-state index contributed by atoms with van der Waals surface area (Å²) in [5, 5.41) is 2.89. The molecule has 0 spiro atoms. The first-order chi connectivity index (χ1) is 17.0. The number of nitrogens with zero attached hydrogens (tertiary/aromatic N) is 2. The summed E-state index contributed by atoms with van der Waals surface area (Å²) in [5.74, 6) is 0.321. The first-order valence-corrected chi connectivity index (χ1v) is 11.6. The van der Waals surface area contributed by atoms with Gasteiger partial charge in [-0.3, -0.25) is 10.9 Å². The second-order valence-corrected chi connectivity index (χ2v) is 8.61. The number of pyridine rings is 1. The van der Waals surface area contributed by atoms with Gasteiger partial charge in [0.1, 0.15) is 17.4 Å². The quantitative estimate of drug-likeness (QED) is 0.414. The minimum absolute atomic E-state index is 0.0813. The van der Waals surface area contributed by atoms with Crippen LogP contribution in [0.15, 0.2) is 66.9 Å². The lowest BCUT2D eigenvalue weighted by atomic mass is 9.99. The maximum absolute atomic E-state index is 13.5. The number of carbonyl (C=O) groups is 1. The van der Waals surface area contributed by atoms with Crippen molar-refractivity contribution in [1.82, 2.24) is 26.1 Å². The van der Waals surface area contributed by atoms with Crippen molar-refractivity contribution >= 4 is 6.03 Å². The van der Waals surface area contributed by atoms with Crippen LogP contribution in [0.4, 0.5) is 13.6 Å². The van der Waals surface area contributed by atoms with Crippen LogP contribution >= 0.6 is 0 Å². The van der Waals surface area contributed by atoms with Gasteiger partial charge < -0.3 is 15.0 Å². The average molecular weight is 482 g/mol.